The highest BCUT2D eigenvalue weighted by Crippen LogP contribution is 2.30. The number of hydrogen-bond acceptors (Lipinski definition) is 2. The van der Waals surface area contributed by atoms with Gasteiger partial charge in [-0.2, -0.15) is 0 Å². The van der Waals surface area contributed by atoms with E-state index < -0.39 is 0 Å². The molecule has 0 bridgehead atoms. The molecule has 1 aliphatic heterocycles. The van der Waals surface area contributed by atoms with E-state index >= 15 is 0 Å². The number of rotatable bonds is 4. The van der Waals surface area contributed by atoms with Gasteiger partial charge in [0.2, 0.25) is 5.91 Å². The van der Waals surface area contributed by atoms with Gasteiger partial charge in [0.25, 0.3) is 0 Å². The van der Waals surface area contributed by atoms with Crippen molar-refractivity contribution in [3.05, 3.63) is 29.3 Å². The van der Waals surface area contributed by atoms with Crippen LogP contribution < -0.4 is 5.32 Å². The molecule has 92 valence electrons. The number of hydrogen-bond donors (Lipinski definition) is 1. The average molecular weight is 249 g/mol. The summed E-state index contributed by atoms with van der Waals surface area (Å²) in [6.45, 7) is 2.84. The Balaban J connectivity index is 1.99. The third kappa shape index (κ3) is 3.50. The molecule has 17 heavy (non-hydrogen) atoms. The van der Waals surface area contributed by atoms with Gasteiger partial charge in [0.05, 0.1) is 6.42 Å². The quantitative estimate of drug-likeness (QED) is 0.889. The van der Waals surface area contributed by atoms with E-state index in [1.54, 1.807) is 0 Å². The molecule has 1 aromatic carbocycles. The van der Waals surface area contributed by atoms with Crippen LogP contribution in [0.2, 0.25) is 0 Å². The molecule has 2 nitrogen and oxygen atoms in total. The van der Waals surface area contributed by atoms with E-state index in [0.29, 0.717) is 6.42 Å². The Morgan fingerprint density at radius 1 is 1.47 bits per heavy atom. The Bertz CT molecular complexity index is 403. The van der Waals surface area contributed by atoms with Crippen LogP contribution in [-0.2, 0) is 17.6 Å². The Morgan fingerprint density at radius 3 is 3.18 bits per heavy atom. The number of nitrogens with one attached hydrogen (secondary N) is 1. The minimum Gasteiger partial charge on any atom is -0.356 e. The highest BCUT2D eigenvalue weighted by molar-refractivity contribution is 7.99. The maximum Gasteiger partial charge on any atom is 0.224 e. The maximum atomic E-state index is 11.6. The second-order valence-electron chi connectivity index (χ2n) is 4.42. The average Bonchev–Trinajstić information content (AvgIpc) is 2.36. The van der Waals surface area contributed by atoms with Gasteiger partial charge in [-0.05, 0) is 42.2 Å². The Hall–Kier alpha value is -0.960. The smallest absolute Gasteiger partial charge is 0.224 e. The van der Waals surface area contributed by atoms with Crippen LogP contribution in [-0.4, -0.2) is 18.2 Å². The van der Waals surface area contributed by atoms with Crippen LogP contribution in [0.5, 0.6) is 0 Å². The first-order chi connectivity index (χ1) is 8.29. The largest absolute Gasteiger partial charge is 0.356 e. The molecule has 1 heterocycles. The van der Waals surface area contributed by atoms with E-state index in [4.69, 9.17) is 0 Å². The zero-order valence-corrected chi connectivity index (χ0v) is 11.1. The van der Waals surface area contributed by atoms with Gasteiger partial charge in [-0.15, -0.1) is 11.8 Å². The minimum atomic E-state index is 0.135. The molecule has 0 radical (unpaired) electrons. The van der Waals surface area contributed by atoms with Gasteiger partial charge in [-0.25, -0.2) is 0 Å². The molecule has 1 amide bonds. The van der Waals surface area contributed by atoms with Gasteiger partial charge < -0.3 is 5.32 Å². The van der Waals surface area contributed by atoms with E-state index in [2.05, 4.69) is 30.4 Å². The topological polar surface area (TPSA) is 29.1 Å². The molecule has 0 atom stereocenters. The molecule has 3 heteroatoms. The lowest BCUT2D eigenvalue weighted by Crippen LogP contribution is -2.25. The van der Waals surface area contributed by atoms with Crippen molar-refractivity contribution in [1.29, 1.82) is 0 Å². The Labute approximate surface area is 107 Å². The molecule has 0 aliphatic carbocycles. The number of benzene rings is 1. The fourth-order valence-electron chi connectivity index (χ4n) is 2.04. The maximum absolute atomic E-state index is 11.6. The number of amides is 1. The molecule has 0 saturated carbocycles. The fourth-order valence-corrected chi connectivity index (χ4v) is 3.06. The number of thioether (sulfide) groups is 1. The summed E-state index contributed by atoms with van der Waals surface area (Å²) in [6.07, 6.45) is 3.92. The fraction of sp³-hybridized carbons (Fsp3) is 0.500. The summed E-state index contributed by atoms with van der Waals surface area (Å²) in [5.74, 6) is 1.36. The Kier molecular flexibility index (Phi) is 4.49. The molecule has 0 spiro atoms. The molecule has 1 N–H and O–H groups in total. The first-order valence-electron chi connectivity index (χ1n) is 6.31. The summed E-state index contributed by atoms with van der Waals surface area (Å²) >= 11 is 1.93. The minimum absolute atomic E-state index is 0.135. The van der Waals surface area contributed by atoms with Crippen molar-refractivity contribution in [3.8, 4) is 0 Å². The SMILES string of the molecule is CCCNC(=O)Cc1ccc2c(c1)CCCS2. The second kappa shape index (κ2) is 6.10. The van der Waals surface area contributed by atoms with Crippen molar-refractivity contribution < 1.29 is 4.79 Å². The molecular formula is C14H19NOS. The molecular weight excluding hydrogens is 230 g/mol. The predicted molar refractivity (Wildman–Crippen MR) is 72.5 cm³/mol. The highest BCUT2D eigenvalue weighted by atomic mass is 32.2. The molecule has 0 saturated heterocycles. The van der Waals surface area contributed by atoms with E-state index in [9.17, 15) is 4.79 Å². The molecule has 0 aromatic heterocycles. The van der Waals surface area contributed by atoms with E-state index in [1.807, 2.05) is 11.8 Å². The monoisotopic (exact) mass is 249 g/mol. The molecule has 0 fully saturated rings. The van der Waals surface area contributed by atoms with Gasteiger partial charge in [0.1, 0.15) is 0 Å². The molecule has 2 rings (SSSR count). The first kappa shape index (κ1) is 12.5. The van der Waals surface area contributed by atoms with Gasteiger partial charge in [0, 0.05) is 11.4 Å². The lowest BCUT2D eigenvalue weighted by Gasteiger charge is -2.16. The van der Waals surface area contributed by atoms with Crippen molar-refractivity contribution >= 4 is 17.7 Å². The molecule has 1 aliphatic rings. The molecule has 0 unspecified atom stereocenters. The normalized spacial score (nSPS) is 14.2. The molecule has 1 aromatic rings. The summed E-state index contributed by atoms with van der Waals surface area (Å²) in [7, 11) is 0. The third-order valence-electron chi connectivity index (χ3n) is 2.91. The van der Waals surface area contributed by atoms with Crippen LogP contribution in [0.4, 0.5) is 0 Å². The van der Waals surface area contributed by atoms with Crippen LogP contribution in [0.1, 0.15) is 30.9 Å². The summed E-state index contributed by atoms with van der Waals surface area (Å²) in [5.41, 5.74) is 2.56. The summed E-state index contributed by atoms with van der Waals surface area (Å²) in [6, 6.07) is 6.46. The van der Waals surface area contributed by atoms with Crippen molar-refractivity contribution in [2.75, 3.05) is 12.3 Å². The predicted octanol–water partition coefficient (Wildman–Crippen LogP) is 2.79. The standard InChI is InChI=1S/C14H19NOS/c1-2-7-15-14(16)10-11-5-6-13-12(9-11)4-3-8-17-13/h5-6,9H,2-4,7-8,10H2,1H3,(H,15,16). The number of aryl methyl sites for hydroxylation is 1. The van der Waals surface area contributed by atoms with Crippen molar-refractivity contribution in [3.63, 3.8) is 0 Å². The van der Waals surface area contributed by atoms with Gasteiger partial charge in [-0.1, -0.05) is 19.1 Å². The first-order valence-corrected chi connectivity index (χ1v) is 7.29. The summed E-state index contributed by atoms with van der Waals surface area (Å²) in [5, 5.41) is 2.92. The third-order valence-corrected chi connectivity index (χ3v) is 4.11. The lowest BCUT2D eigenvalue weighted by atomic mass is 10.0. The van der Waals surface area contributed by atoms with Gasteiger partial charge in [0.15, 0.2) is 0 Å². The number of fused-ring (bicyclic) bond motifs is 1. The van der Waals surface area contributed by atoms with E-state index in [0.717, 1.165) is 24.9 Å². The van der Waals surface area contributed by atoms with Crippen LogP contribution in [0.25, 0.3) is 0 Å². The van der Waals surface area contributed by atoms with E-state index in [-0.39, 0.29) is 5.91 Å². The zero-order valence-electron chi connectivity index (χ0n) is 10.3. The van der Waals surface area contributed by atoms with Crippen LogP contribution in [0.15, 0.2) is 23.1 Å². The number of carbonyl (C=O) groups is 1. The van der Waals surface area contributed by atoms with Crippen molar-refractivity contribution in [2.45, 2.75) is 37.5 Å². The van der Waals surface area contributed by atoms with Crippen molar-refractivity contribution in [1.82, 2.24) is 5.32 Å². The van der Waals surface area contributed by atoms with Crippen LogP contribution in [0, 0.1) is 0 Å². The van der Waals surface area contributed by atoms with Gasteiger partial charge in [-0.3, -0.25) is 4.79 Å². The second-order valence-corrected chi connectivity index (χ2v) is 5.56. The Morgan fingerprint density at radius 2 is 2.35 bits per heavy atom. The zero-order chi connectivity index (χ0) is 12.1. The van der Waals surface area contributed by atoms with Crippen LogP contribution >= 0.6 is 11.8 Å². The van der Waals surface area contributed by atoms with Gasteiger partial charge >= 0.3 is 0 Å². The van der Waals surface area contributed by atoms with Crippen molar-refractivity contribution in [2.24, 2.45) is 0 Å². The summed E-state index contributed by atoms with van der Waals surface area (Å²) < 4.78 is 0. The lowest BCUT2D eigenvalue weighted by molar-refractivity contribution is -0.120. The van der Waals surface area contributed by atoms with E-state index in [1.165, 1.54) is 22.6 Å². The highest BCUT2D eigenvalue weighted by Gasteiger charge is 2.11. The number of carbonyl (C=O) groups excluding carboxylic acids is 1. The summed E-state index contributed by atoms with van der Waals surface area (Å²) in [4.78, 5) is 13.0. The van der Waals surface area contributed by atoms with Crippen LogP contribution in [0.3, 0.4) is 0 Å².